The summed E-state index contributed by atoms with van der Waals surface area (Å²) in [6.07, 6.45) is 0.440. The molecule has 0 radical (unpaired) electrons. The molecule has 0 saturated heterocycles. The Balaban J connectivity index is 2.79. The summed E-state index contributed by atoms with van der Waals surface area (Å²) < 4.78 is 5.39. The summed E-state index contributed by atoms with van der Waals surface area (Å²) in [5, 5.41) is 11.8. The lowest BCUT2D eigenvalue weighted by Crippen LogP contribution is -2.40. The third-order valence-corrected chi connectivity index (χ3v) is 3.37. The first-order chi connectivity index (χ1) is 9.44. The van der Waals surface area contributed by atoms with E-state index in [9.17, 15) is 14.7 Å². The van der Waals surface area contributed by atoms with Gasteiger partial charge in [-0.15, -0.1) is 0 Å². The quantitative estimate of drug-likeness (QED) is 0.803. The number of hydrogen-bond acceptors (Lipinski definition) is 3. The van der Waals surface area contributed by atoms with Crippen molar-refractivity contribution >= 4 is 11.9 Å². The Morgan fingerprint density at radius 3 is 2.50 bits per heavy atom. The number of hydrogen-bond donors (Lipinski definition) is 2. The molecule has 0 bridgehead atoms. The number of amides is 1. The van der Waals surface area contributed by atoms with Gasteiger partial charge in [-0.25, -0.2) is 0 Å². The Bertz CT molecular complexity index is 487. The van der Waals surface area contributed by atoms with E-state index in [1.807, 2.05) is 6.92 Å². The summed E-state index contributed by atoms with van der Waals surface area (Å²) in [6.45, 7) is 5.79. The Kier molecular flexibility index (Phi) is 5.55. The molecule has 2 N–H and O–H groups in total. The van der Waals surface area contributed by atoms with Crippen molar-refractivity contribution in [3.63, 3.8) is 0 Å². The van der Waals surface area contributed by atoms with Gasteiger partial charge in [0.15, 0.2) is 0 Å². The monoisotopic (exact) mass is 279 g/mol. The molecule has 110 valence electrons. The molecule has 1 amide bonds. The number of carbonyl (C=O) groups is 2. The molecule has 0 aliphatic heterocycles. The molecule has 5 nitrogen and oxygen atoms in total. The van der Waals surface area contributed by atoms with Crippen LogP contribution in [0.25, 0.3) is 0 Å². The number of rotatable bonds is 7. The van der Waals surface area contributed by atoms with E-state index >= 15 is 0 Å². The summed E-state index contributed by atoms with van der Waals surface area (Å²) in [5.74, 6) is -0.741. The predicted octanol–water partition coefficient (Wildman–Crippen LogP) is 2.32. The van der Waals surface area contributed by atoms with Crippen LogP contribution in [0.3, 0.4) is 0 Å². The normalized spacial score (nSPS) is 13.3. The molecule has 1 atom stereocenters. The van der Waals surface area contributed by atoms with Gasteiger partial charge in [0.05, 0.1) is 17.6 Å². The second kappa shape index (κ2) is 6.93. The number of nitrogens with one attached hydrogen (secondary N) is 1. The third-order valence-electron chi connectivity index (χ3n) is 3.37. The van der Waals surface area contributed by atoms with Gasteiger partial charge < -0.3 is 15.2 Å². The molecule has 1 aromatic carbocycles. The smallest absolute Gasteiger partial charge is 0.311 e. The van der Waals surface area contributed by atoms with Crippen molar-refractivity contribution in [2.45, 2.75) is 27.2 Å². The van der Waals surface area contributed by atoms with Crippen LogP contribution in [0.4, 0.5) is 0 Å². The third kappa shape index (κ3) is 3.73. The molecule has 0 aliphatic carbocycles. The highest BCUT2D eigenvalue weighted by atomic mass is 16.5. The number of para-hydroxylation sites is 1. The van der Waals surface area contributed by atoms with Crippen LogP contribution in [-0.2, 0) is 4.79 Å². The first kappa shape index (κ1) is 16.0. The Morgan fingerprint density at radius 2 is 1.95 bits per heavy atom. The van der Waals surface area contributed by atoms with Crippen molar-refractivity contribution in [1.29, 1.82) is 0 Å². The van der Waals surface area contributed by atoms with Crippen LogP contribution in [0.2, 0.25) is 0 Å². The number of carbonyl (C=O) groups excluding carboxylic acids is 1. The van der Waals surface area contributed by atoms with Crippen molar-refractivity contribution < 1.29 is 19.4 Å². The van der Waals surface area contributed by atoms with Gasteiger partial charge >= 0.3 is 5.97 Å². The topological polar surface area (TPSA) is 75.6 Å². The minimum absolute atomic E-state index is 0.0815. The molecular weight excluding hydrogens is 258 g/mol. The molecule has 0 saturated carbocycles. The lowest BCUT2D eigenvalue weighted by Gasteiger charge is -2.23. The summed E-state index contributed by atoms with van der Waals surface area (Å²) >= 11 is 0. The van der Waals surface area contributed by atoms with Gasteiger partial charge in [-0.1, -0.05) is 19.1 Å². The summed E-state index contributed by atoms with van der Waals surface area (Å²) in [5.41, 5.74) is -0.547. The molecule has 1 unspecified atom stereocenters. The molecule has 1 rings (SSSR count). The SMILES string of the molecule is CCOc1ccccc1C(=O)NCC(C)(CC)C(=O)O. The summed E-state index contributed by atoms with van der Waals surface area (Å²) in [6, 6.07) is 6.90. The second-order valence-electron chi connectivity index (χ2n) is 4.83. The molecule has 0 aliphatic rings. The van der Waals surface area contributed by atoms with E-state index in [1.165, 1.54) is 0 Å². The molecule has 0 heterocycles. The largest absolute Gasteiger partial charge is 0.493 e. The highest BCUT2D eigenvalue weighted by Crippen LogP contribution is 2.21. The Hall–Kier alpha value is -2.04. The van der Waals surface area contributed by atoms with E-state index in [1.54, 1.807) is 38.1 Å². The fourth-order valence-corrected chi connectivity index (χ4v) is 1.66. The standard InChI is InChI=1S/C15H21NO4/c1-4-15(3,14(18)19)10-16-13(17)11-8-6-7-9-12(11)20-5-2/h6-9H,4-5,10H2,1-3H3,(H,16,17)(H,18,19). The molecule has 5 heteroatoms. The van der Waals surface area contributed by atoms with Crippen molar-refractivity contribution in [2.24, 2.45) is 5.41 Å². The van der Waals surface area contributed by atoms with Gasteiger partial charge in [-0.2, -0.15) is 0 Å². The van der Waals surface area contributed by atoms with Crippen LogP contribution in [-0.4, -0.2) is 30.1 Å². The lowest BCUT2D eigenvalue weighted by atomic mass is 9.87. The lowest BCUT2D eigenvalue weighted by molar-refractivity contribution is -0.147. The van der Waals surface area contributed by atoms with Crippen LogP contribution >= 0.6 is 0 Å². The van der Waals surface area contributed by atoms with Crippen LogP contribution in [0.1, 0.15) is 37.6 Å². The Labute approximate surface area is 118 Å². The number of benzene rings is 1. The minimum atomic E-state index is -0.962. The fourth-order valence-electron chi connectivity index (χ4n) is 1.66. The average Bonchev–Trinajstić information content (AvgIpc) is 2.45. The first-order valence-corrected chi connectivity index (χ1v) is 6.68. The van der Waals surface area contributed by atoms with E-state index < -0.39 is 11.4 Å². The maximum absolute atomic E-state index is 12.1. The van der Waals surface area contributed by atoms with Crippen LogP contribution in [0.5, 0.6) is 5.75 Å². The number of carboxylic acids is 1. The molecule has 0 spiro atoms. The van der Waals surface area contributed by atoms with E-state index in [4.69, 9.17) is 4.74 Å². The van der Waals surface area contributed by atoms with Crippen LogP contribution in [0, 0.1) is 5.41 Å². The number of aliphatic carboxylic acids is 1. The highest BCUT2D eigenvalue weighted by Gasteiger charge is 2.31. The van der Waals surface area contributed by atoms with E-state index in [0.717, 1.165) is 0 Å². The Morgan fingerprint density at radius 1 is 1.30 bits per heavy atom. The zero-order valence-electron chi connectivity index (χ0n) is 12.1. The van der Waals surface area contributed by atoms with Gasteiger partial charge in [0, 0.05) is 6.54 Å². The van der Waals surface area contributed by atoms with Gasteiger partial charge in [0.2, 0.25) is 0 Å². The van der Waals surface area contributed by atoms with Gasteiger partial charge in [0.1, 0.15) is 5.75 Å². The minimum Gasteiger partial charge on any atom is -0.493 e. The van der Waals surface area contributed by atoms with Crippen molar-refractivity contribution in [3.8, 4) is 5.75 Å². The number of carboxylic acid groups (broad SMARTS) is 1. The molecule has 0 fully saturated rings. The predicted molar refractivity (Wildman–Crippen MR) is 76.0 cm³/mol. The summed E-state index contributed by atoms with van der Waals surface area (Å²) in [7, 11) is 0. The molecule has 1 aromatic rings. The molecular formula is C15H21NO4. The number of ether oxygens (including phenoxy) is 1. The average molecular weight is 279 g/mol. The molecule has 0 aromatic heterocycles. The van der Waals surface area contributed by atoms with E-state index in [2.05, 4.69) is 5.32 Å². The highest BCUT2D eigenvalue weighted by molar-refractivity contribution is 5.97. The molecule has 20 heavy (non-hydrogen) atoms. The van der Waals surface area contributed by atoms with E-state index in [0.29, 0.717) is 24.3 Å². The summed E-state index contributed by atoms with van der Waals surface area (Å²) in [4.78, 5) is 23.3. The van der Waals surface area contributed by atoms with Gasteiger partial charge in [-0.3, -0.25) is 9.59 Å². The zero-order chi connectivity index (χ0) is 15.2. The first-order valence-electron chi connectivity index (χ1n) is 6.68. The van der Waals surface area contributed by atoms with Crippen molar-refractivity contribution in [3.05, 3.63) is 29.8 Å². The van der Waals surface area contributed by atoms with Gasteiger partial charge in [-0.05, 0) is 32.4 Å². The fraction of sp³-hybridized carbons (Fsp3) is 0.467. The maximum atomic E-state index is 12.1. The van der Waals surface area contributed by atoms with E-state index in [-0.39, 0.29) is 12.5 Å². The van der Waals surface area contributed by atoms with Gasteiger partial charge in [0.25, 0.3) is 5.91 Å². The maximum Gasteiger partial charge on any atom is 0.311 e. The second-order valence-corrected chi connectivity index (χ2v) is 4.83. The zero-order valence-corrected chi connectivity index (χ0v) is 12.1. The van der Waals surface area contributed by atoms with Crippen molar-refractivity contribution in [2.75, 3.05) is 13.2 Å². The van der Waals surface area contributed by atoms with Crippen LogP contribution in [0.15, 0.2) is 24.3 Å². The van der Waals surface area contributed by atoms with Crippen molar-refractivity contribution in [1.82, 2.24) is 5.32 Å². The van der Waals surface area contributed by atoms with Crippen LogP contribution < -0.4 is 10.1 Å².